The Balaban J connectivity index is -0.000000110. The number of aliphatic carboxylic acids is 1. The van der Waals surface area contributed by atoms with Crippen LogP contribution in [0, 0.1) is 0 Å². The van der Waals surface area contributed by atoms with Crippen molar-refractivity contribution in [3.8, 4) is 0 Å². The van der Waals surface area contributed by atoms with E-state index >= 15 is 0 Å². The number of unbranched alkanes of at least 4 members (excludes halogenated alkanes) is 1. The van der Waals surface area contributed by atoms with Crippen molar-refractivity contribution in [1.29, 1.82) is 0 Å². The highest BCUT2D eigenvalue weighted by Gasteiger charge is 2.07. The molecule has 0 radical (unpaired) electrons. The Morgan fingerprint density at radius 3 is 1.95 bits per heavy atom. The molecule has 1 unspecified atom stereocenters. The summed E-state index contributed by atoms with van der Waals surface area (Å²) in [5.74, 6) is -0.836. The third-order valence-electron chi connectivity index (χ3n) is 2.03. The predicted molar refractivity (Wildman–Crippen MR) is 81.4 cm³/mol. The third kappa shape index (κ3) is 30.0. The fourth-order valence-corrected chi connectivity index (χ4v) is 0.985. The maximum Gasteiger partial charge on any atom is 0.304 e. The molecule has 20 heavy (non-hydrogen) atoms. The van der Waals surface area contributed by atoms with Crippen LogP contribution in [0.25, 0.3) is 0 Å². The van der Waals surface area contributed by atoms with E-state index in [1.54, 1.807) is 0 Å². The van der Waals surface area contributed by atoms with E-state index in [9.17, 15) is 9.59 Å². The third-order valence-corrected chi connectivity index (χ3v) is 2.03. The summed E-state index contributed by atoms with van der Waals surface area (Å²) in [6.07, 6.45) is 4.64. The summed E-state index contributed by atoms with van der Waals surface area (Å²) in [6, 6.07) is 0.125. The monoisotopic (exact) mass is 298 g/mol. The first kappa shape index (κ1) is 27.0. The Kier molecular flexibility index (Phi) is 30.6. The van der Waals surface area contributed by atoms with Gasteiger partial charge in [-0.25, -0.2) is 0 Å². The van der Waals surface area contributed by atoms with Gasteiger partial charge in [0.15, 0.2) is 0 Å². The van der Waals surface area contributed by atoms with Crippen LogP contribution < -0.4 is 11.5 Å². The van der Waals surface area contributed by atoms with E-state index in [1.165, 1.54) is 0 Å². The summed E-state index contributed by atoms with van der Waals surface area (Å²) in [6.45, 7) is 2.37. The maximum atomic E-state index is 10.4. The second-order valence-electron chi connectivity index (χ2n) is 3.88. The number of hydrogen-bond donors (Lipinski definition) is 3. The van der Waals surface area contributed by atoms with Crippen molar-refractivity contribution < 1.29 is 19.5 Å². The van der Waals surface area contributed by atoms with Gasteiger partial charge < -0.3 is 26.3 Å². The minimum absolute atomic E-state index is 0. The number of hydrogen-bond acceptors (Lipinski definition) is 5. The van der Waals surface area contributed by atoms with Crippen molar-refractivity contribution in [3.63, 3.8) is 0 Å². The van der Waals surface area contributed by atoms with Crippen LogP contribution in [0.1, 0.15) is 40.0 Å². The van der Waals surface area contributed by atoms with Gasteiger partial charge in [-0.3, -0.25) is 9.59 Å². The molecular weight excluding hydrogens is 267 g/mol. The lowest BCUT2D eigenvalue weighted by Crippen LogP contribution is -2.28. The Morgan fingerprint density at radius 1 is 1.35 bits per heavy atom. The molecule has 122 valence electrons. The highest BCUT2D eigenvalue weighted by molar-refractivity contribution is 5.66. The summed E-state index contributed by atoms with van der Waals surface area (Å²) >= 11 is 0. The SMILES string of the molecule is CN([13CH3])C(C=O)CCC[13CH3].N[13CH]=O.[13CH4].[15NH2]CCC(=O)O. The second kappa shape index (κ2) is 22.7. The van der Waals surface area contributed by atoms with Gasteiger partial charge in [0.1, 0.15) is 6.29 Å². The molecule has 0 bridgehead atoms. The number of carboxylic acid groups (broad SMARTS) is 1. The molecule has 7 heteroatoms. The van der Waals surface area contributed by atoms with Crippen LogP contribution in [0.15, 0.2) is 0 Å². The van der Waals surface area contributed by atoms with E-state index in [0.29, 0.717) is 0 Å². The molecule has 0 aliphatic rings. The number of amides is 1. The molecular formula is C13H31N3O4. The molecule has 0 aliphatic heterocycles. The predicted octanol–water partition coefficient (Wildman–Crippen LogP) is 0.463. The Morgan fingerprint density at radius 2 is 1.80 bits per heavy atom. The molecule has 0 aliphatic carbocycles. The van der Waals surface area contributed by atoms with Gasteiger partial charge in [0, 0.05) is 6.54 Å². The second-order valence-corrected chi connectivity index (χ2v) is 3.88. The lowest BCUT2D eigenvalue weighted by molar-refractivity contribution is -0.136. The van der Waals surface area contributed by atoms with Crippen LogP contribution in [-0.4, -0.2) is 55.4 Å². The van der Waals surface area contributed by atoms with Crippen LogP contribution >= 0.6 is 0 Å². The standard InChI is InChI=1S/C8H17NO.C3H7NO2.CH3NO.CH4/c1-4-5-6-8(7-10)9(2)3;4-2-1-3(5)6;2-1-3;/h7-8H,4-6H2,1-3H3;1-2,4H2,(H,5,6);1H,(H2,2,3);1H4/i1+1,2+1;4+1;2*1+1. The van der Waals surface area contributed by atoms with Crippen molar-refractivity contribution in [3.05, 3.63) is 0 Å². The average molecular weight is 298 g/mol. The molecule has 0 saturated heterocycles. The normalized spacial score (nSPS) is 9.85. The number of carbonyl (C=O) groups is 3. The molecule has 0 aromatic heterocycles. The van der Waals surface area contributed by atoms with E-state index in [0.717, 1.165) is 25.5 Å². The van der Waals surface area contributed by atoms with Crippen LogP contribution in [0.3, 0.4) is 0 Å². The van der Waals surface area contributed by atoms with Crippen LogP contribution in [0.2, 0.25) is 0 Å². The van der Waals surface area contributed by atoms with Crippen molar-refractivity contribution in [2.75, 3.05) is 20.6 Å². The molecule has 0 rings (SSSR count). The van der Waals surface area contributed by atoms with Crippen molar-refractivity contribution in [2.45, 2.75) is 46.1 Å². The van der Waals surface area contributed by atoms with Crippen molar-refractivity contribution in [2.24, 2.45) is 11.5 Å². The fourth-order valence-electron chi connectivity index (χ4n) is 0.985. The molecule has 0 saturated carbocycles. The average Bonchev–Trinajstić information content (AvgIpc) is 2.31. The molecule has 7 nitrogen and oxygen atoms in total. The van der Waals surface area contributed by atoms with Gasteiger partial charge in [-0.1, -0.05) is 27.2 Å². The maximum absolute atomic E-state index is 10.4. The van der Waals surface area contributed by atoms with Gasteiger partial charge in [-0.05, 0) is 20.5 Å². The van der Waals surface area contributed by atoms with Crippen LogP contribution in [0.5, 0.6) is 0 Å². The molecule has 1 amide bonds. The first-order valence-corrected chi connectivity index (χ1v) is 6.10. The van der Waals surface area contributed by atoms with E-state index < -0.39 is 5.97 Å². The first-order valence-electron chi connectivity index (χ1n) is 6.10. The van der Waals surface area contributed by atoms with E-state index in [-0.39, 0.29) is 32.8 Å². The zero-order valence-electron chi connectivity index (χ0n) is 12.0. The number of rotatable bonds is 7. The topological polar surface area (TPSA) is 127 Å². The molecule has 1 atom stereocenters. The summed E-state index contributed by atoms with van der Waals surface area (Å²) in [5.41, 5.74) is 9.02. The largest absolute Gasteiger partial charge is 0.481 e. The zero-order chi connectivity index (χ0) is 15.7. The van der Waals surface area contributed by atoms with Crippen LogP contribution in [0.4, 0.5) is 0 Å². The lowest BCUT2D eigenvalue weighted by Gasteiger charge is -2.17. The molecule has 0 heterocycles. The van der Waals surface area contributed by atoms with E-state index in [2.05, 4.69) is 12.7 Å². The van der Waals surface area contributed by atoms with Crippen molar-refractivity contribution >= 4 is 18.7 Å². The van der Waals surface area contributed by atoms with Crippen molar-refractivity contribution in [1.82, 2.24) is 4.90 Å². The highest BCUT2D eigenvalue weighted by Crippen LogP contribution is 2.02. The Bertz CT molecular complexity index is 224. The summed E-state index contributed by atoms with van der Waals surface area (Å²) in [7, 11) is 3.88. The van der Waals surface area contributed by atoms with Crippen LogP contribution in [-0.2, 0) is 14.4 Å². The number of carboxylic acids is 1. The summed E-state index contributed by atoms with van der Waals surface area (Å²) in [4.78, 5) is 30.5. The van der Waals surface area contributed by atoms with Gasteiger partial charge >= 0.3 is 5.97 Å². The summed E-state index contributed by atoms with van der Waals surface area (Å²) < 4.78 is 0. The molecule has 0 fully saturated rings. The lowest BCUT2D eigenvalue weighted by atomic mass is 10.1. The number of likely N-dealkylation sites (N-methyl/N-ethyl adjacent to an activating group) is 1. The number of carbonyl (C=O) groups excluding carboxylic acids is 2. The number of primary amides is 1. The number of nitrogens with two attached hydrogens (primary N) is 2. The van der Waals surface area contributed by atoms with Gasteiger partial charge in [0.2, 0.25) is 6.41 Å². The molecule has 0 aromatic carbocycles. The zero-order valence-corrected chi connectivity index (χ0v) is 12.0. The minimum atomic E-state index is -0.836. The fraction of sp³-hybridized carbons (Fsp3) is 0.769. The number of nitrogens with zero attached hydrogens (tertiary/aromatic N) is 1. The van der Waals surface area contributed by atoms with Gasteiger partial charge in [-0.15, -0.1) is 0 Å². The number of aldehydes is 1. The van der Waals surface area contributed by atoms with E-state index in [1.807, 2.05) is 19.0 Å². The smallest absolute Gasteiger partial charge is 0.304 e. The molecule has 5 N–H and O–H groups in total. The molecule has 0 spiro atoms. The van der Waals surface area contributed by atoms with Gasteiger partial charge in [0.05, 0.1) is 12.5 Å². The molecule has 0 aromatic rings. The highest BCUT2D eigenvalue weighted by atomic mass is 16.4. The Labute approximate surface area is 122 Å². The quantitative estimate of drug-likeness (QED) is 0.356. The minimum Gasteiger partial charge on any atom is -0.481 e. The van der Waals surface area contributed by atoms with Gasteiger partial charge in [0.25, 0.3) is 0 Å². The van der Waals surface area contributed by atoms with E-state index in [4.69, 9.17) is 15.6 Å². The first-order chi connectivity index (χ1) is 8.90. The van der Waals surface area contributed by atoms with Gasteiger partial charge in [-0.2, -0.15) is 0 Å². The summed E-state index contributed by atoms with van der Waals surface area (Å²) in [5, 5.41) is 7.83. The Hall–Kier alpha value is -1.47.